The fraction of sp³-hybridized carbons (Fsp3) is 0.533. The van der Waals surface area contributed by atoms with Crippen LogP contribution in [0.3, 0.4) is 0 Å². The van der Waals surface area contributed by atoms with E-state index in [0.717, 1.165) is 16.1 Å². The first-order valence-electron chi connectivity index (χ1n) is 6.75. The van der Waals surface area contributed by atoms with Crippen LogP contribution in [-0.2, 0) is 0 Å². The number of amides is 1. The van der Waals surface area contributed by atoms with Crippen LogP contribution >= 0.6 is 15.9 Å². The number of nitrogens with one attached hydrogen (secondary N) is 1. The van der Waals surface area contributed by atoms with E-state index >= 15 is 0 Å². The minimum atomic E-state index is -0.00301. The van der Waals surface area contributed by atoms with Crippen LogP contribution < -0.4 is 5.32 Å². The molecule has 4 heteroatoms. The van der Waals surface area contributed by atoms with Gasteiger partial charge >= 0.3 is 0 Å². The molecule has 1 atom stereocenters. The molecular weight excluding hydrogens is 304 g/mol. The van der Waals surface area contributed by atoms with E-state index in [0.29, 0.717) is 18.2 Å². The van der Waals surface area contributed by atoms with Gasteiger partial charge in [-0.2, -0.15) is 0 Å². The third kappa shape index (κ3) is 3.80. The van der Waals surface area contributed by atoms with Crippen LogP contribution in [0.15, 0.2) is 22.7 Å². The van der Waals surface area contributed by atoms with Crippen LogP contribution in [0, 0.1) is 6.92 Å². The van der Waals surface area contributed by atoms with Gasteiger partial charge in [-0.25, -0.2) is 0 Å². The number of carbonyl (C=O) groups is 1. The summed E-state index contributed by atoms with van der Waals surface area (Å²) in [6.45, 7) is 4.86. The fourth-order valence-electron chi connectivity index (χ4n) is 2.06. The van der Waals surface area contributed by atoms with Crippen LogP contribution in [0.5, 0.6) is 0 Å². The van der Waals surface area contributed by atoms with Gasteiger partial charge in [0.25, 0.3) is 5.91 Å². The van der Waals surface area contributed by atoms with E-state index in [-0.39, 0.29) is 5.91 Å². The molecule has 0 heterocycles. The van der Waals surface area contributed by atoms with E-state index in [1.165, 1.54) is 12.8 Å². The highest BCUT2D eigenvalue weighted by molar-refractivity contribution is 9.10. The number of rotatable bonds is 5. The molecule has 0 saturated heterocycles. The van der Waals surface area contributed by atoms with Crippen molar-refractivity contribution in [2.24, 2.45) is 0 Å². The van der Waals surface area contributed by atoms with Gasteiger partial charge in [-0.1, -0.05) is 22.0 Å². The molecule has 0 spiro atoms. The lowest BCUT2D eigenvalue weighted by atomic mass is 10.1. The van der Waals surface area contributed by atoms with Gasteiger partial charge in [-0.05, 0) is 51.4 Å². The Balaban J connectivity index is 1.88. The molecule has 1 unspecified atom stereocenters. The van der Waals surface area contributed by atoms with Crippen LogP contribution in [0.25, 0.3) is 0 Å². The number of likely N-dealkylation sites (N-methyl/N-ethyl adjacent to an activating group) is 1. The highest BCUT2D eigenvalue weighted by Crippen LogP contribution is 2.26. The van der Waals surface area contributed by atoms with Crippen molar-refractivity contribution in [2.45, 2.75) is 38.8 Å². The van der Waals surface area contributed by atoms with E-state index in [1.54, 1.807) is 0 Å². The summed E-state index contributed by atoms with van der Waals surface area (Å²) in [5.41, 5.74) is 1.84. The summed E-state index contributed by atoms with van der Waals surface area (Å²) in [4.78, 5) is 14.4. The molecule has 1 amide bonds. The Morgan fingerprint density at radius 1 is 1.53 bits per heavy atom. The Morgan fingerprint density at radius 3 is 2.79 bits per heavy atom. The quantitative estimate of drug-likeness (QED) is 0.903. The summed E-state index contributed by atoms with van der Waals surface area (Å²) in [6.07, 6.45) is 2.58. The molecule has 0 bridgehead atoms. The van der Waals surface area contributed by atoms with Gasteiger partial charge in [-0.3, -0.25) is 9.69 Å². The Morgan fingerprint density at radius 2 is 2.21 bits per heavy atom. The van der Waals surface area contributed by atoms with Gasteiger partial charge in [0.2, 0.25) is 0 Å². The van der Waals surface area contributed by atoms with Crippen molar-refractivity contribution in [3.63, 3.8) is 0 Å². The van der Waals surface area contributed by atoms with Gasteiger partial charge < -0.3 is 5.32 Å². The molecule has 1 aromatic carbocycles. The molecule has 1 fully saturated rings. The molecule has 1 N–H and O–H groups in total. The number of carbonyl (C=O) groups excluding carboxylic acids is 1. The molecular formula is C15H21BrN2O. The first-order valence-corrected chi connectivity index (χ1v) is 7.54. The van der Waals surface area contributed by atoms with Crippen LogP contribution in [0.2, 0.25) is 0 Å². The van der Waals surface area contributed by atoms with Gasteiger partial charge in [-0.15, -0.1) is 0 Å². The van der Waals surface area contributed by atoms with Crippen molar-refractivity contribution in [2.75, 3.05) is 13.6 Å². The summed E-state index contributed by atoms with van der Waals surface area (Å²) in [6, 6.07) is 6.80. The predicted molar refractivity (Wildman–Crippen MR) is 81.5 cm³/mol. The molecule has 1 aromatic rings. The van der Waals surface area contributed by atoms with E-state index in [9.17, 15) is 4.79 Å². The number of hydrogen-bond donors (Lipinski definition) is 1. The number of aryl methyl sites for hydroxylation is 1. The SMILES string of the molecule is Cc1ccc(C(=O)NCC(C)N(C)C2CC2)cc1Br. The van der Waals surface area contributed by atoms with Gasteiger partial charge in [0.15, 0.2) is 0 Å². The maximum atomic E-state index is 12.1. The molecule has 0 aromatic heterocycles. The lowest BCUT2D eigenvalue weighted by Gasteiger charge is -2.24. The van der Waals surface area contributed by atoms with E-state index in [4.69, 9.17) is 0 Å². The van der Waals surface area contributed by atoms with Crippen LogP contribution in [0.1, 0.15) is 35.7 Å². The molecule has 1 aliphatic carbocycles. The molecule has 0 aliphatic heterocycles. The normalized spacial score (nSPS) is 16.5. The largest absolute Gasteiger partial charge is 0.350 e. The van der Waals surface area contributed by atoms with Crippen molar-refractivity contribution in [1.82, 2.24) is 10.2 Å². The summed E-state index contributed by atoms with van der Waals surface area (Å²) in [7, 11) is 2.14. The molecule has 3 nitrogen and oxygen atoms in total. The Labute approximate surface area is 123 Å². The van der Waals surface area contributed by atoms with E-state index in [1.807, 2.05) is 25.1 Å². The van der Waals surface area contributed by atoms with Crippen molar-refractivity contribution < 1.29 is 4.79 Å². The minimum absolute atomic E-state index is 0.00301. The van der Waals surface area contributed by atoms with Crippen molar-refractivity contribution >= 4 is 21.8 Å². The third-order valence-corrected chi connectivity index (χ3v) is 4.66. The summed E-state index contributed by atoms with van der Waals surface area (Å²) >= 11 is 3.46. The van der Waals surface area contributed by atoms with Crippen LogP contribution in [-0.4, -0.2) is 36.5 Å². The van der Waals surface area contributed by atoms with Gasteiger partial charge in [0.1, 0.15) is 0 Å². The van der Waals surface area contributed by atoms with E-state index in [2.05, 4.69) is 40.1 Å². The number of hydrogen-bond acceptors (Lipinski definition) is 2. The zero-order valence-corrected chi connectivity index (χ0v) is 13.3. The maximum absolute atomic E-state index is 12.1. The van der Waals surface area contributed by atoms with Gasteiger partial charge in [0.05, 0.1) is 0 Å². The molecule has 19 heavy (non-hydrogen) atoms. The molecule has 1 saturated carbocycles. The summed E-state index contributed by atoms with van der Waals surface area (Å²) < 4.78 is 0.975. The summed E-state index contributed by atoms with van der Waals surface area (Å²) in [5, 5.41) is 3.01. The first-order chi connectivity index (χ1) is 8.99. The van der Waals surface area contributed by atoms with Crippen molar-refractivity contribution in [1.29, 1.82) is 0 Å². The van der Waals surface area contributed by atoms with Crippen LogP contribution in [0.4, 0.5) is 0 Å². The van der Waals surface area contributed by atoms with Crippen molar-refractivity contribution in [3.8, 4) is 0 Å². The molecule has 104 valence electrons. The number of halogens is 1. The van der Waals surface area contributed by atoms with E-state index < -0.39 is 0 Å². The summed E-state index contributed by atoms with van der Waals surface area (Å²) in [5.74, 6) is -0.00301. The smallest absolute Gasteiger partial charge is 0.251 e. The topological polar surface area (TPSA) is 32.3 Å². The lowest BCUT2D eigenvalue weighted by Crippen LogP contribution is -2.41. The third-order valence-electron chi connectivity index (χ3n) is 3.81. The second-order valence-electron chi connectivity index (χ2n) is 5.42. The Kier molecular flexibility index (Phi) is 4.63. The molecule has 1 aliphatic rings. The maximum Gasteiger partial charge on any atom is 0.251 e. The second kappa shape index (κ2) is 6.06. The monoisotopic (exact) mass is 324 g/mol. The zero-order valence-electron chi connectivity index (χ0n) is 11.7. The lowest BCUT2D eigenvalue weighted by molar-refractivity contribution is 0.0939. The standard InChI is InChI=1S/C15H21BrN2O/c1-10-4-5-12(8-14(10)16)15(19)17-9-11(2)18(3)13-6-7-13/h4-5,8,11,13H,6-7,9H2,1-3H3,(H,17,19). The van der Waals surface area contributed by atoms with Gasteiger partial charge in [0, 0.05) is 28.7 Å². The average Bonchev–Trinajstić information content (AvgIpc) is 3.22. The minimum Gasteiger partial charge on any atom is -0.350 e. The number of benzene rings is 1. The fourth-order valence-corrected chi connectivity index (χ4v) is 2.44. The zero-order chi connectivity index (χ0) is 14.0. The Hall–Kier alpha value is -0.870. The highest BCUT2D eigenvalue weighted by Gasteiger charge is 2.29. The predicted octanol–water partition coefficient (Wildman–Crippen LogP) is 2.97. The van der Waals surface area contributed by atoms with Crippen molar-refractivity contribution in [3.05, 3.63) is 33.8 Å². The highest BCUT2D eigenvalue weighted by atomic mass is 79.9. The Bertz CT molecular complexity index is 471. The number of nitrogens with zero attached hydrogens (tertiary/aromatic N) is 1. The average molecular weight is 325 g/mol. The molecule has 0 radical (unpaired) electrons. The second-order valence-corrected chi connectivity index (χ2v) is 6.27. The molecule has 2 rings (SSSR count). The first kappa shape index (κ1) is 14.5.